The van der Waals surface area contributed by atoms with Gasteiger partial charge in [-0.05, 0) is 80.5 Å². The molecule has 356 valence electrons. The van der Waals surface area contributed by atoms with E-state index < -0.39 is 116 Å². The normalized spacial score (nSPS) is 55.7. The molecule has 0 unspecified atom stereocenters. The van der Waals surface area contributed by atoms with E-state index in [-0.39, 0.29) is 48.4 Å². The molecule has 4 aliphatic heterocycles. The van der Waals surface area contributed by atoms with Crippen molar-refractivity contribution in [2.24, 2.45) is 46.3 Å². The number of aliphatic hydroxyl groups is 11. The molecule has 0 amide bonds. The van der Waals surface area contributed by atoms with Gasteiger partial charge in [0.1, 0.15) is 61.0 Å². The van der Waals surface area contributed by atoms with Crippen LogP contribution in [0.1, 0.15) is 86.0 Å². The Kier molecular flexibility index (Phi) is 13.7. The Morgan fingerprint density at radius 3 is 2.27 bits per heavy atom. The molecule has 8 aliphatic rings. The van der Waals surface area contributed by atoms with Gasteiger partial charge in [-0.15, -0.1) is 0 Å². The van der Waals surface area contributed by atoms with Crippen molar-refractivity contribution in [1.29, 1.82) is 0 Å². The average molecular weight is 889 g/mol. The van der Waals surface area contributed by atoms with E-state index in [1.165, 1.54) is 6.92 Å². The fraction of sp³-hybridized carbons (Fsp3) is 0.955. The molecule has 0 bridgehead atoms. The molecule has 0 spiro atoms. The minimum atomic E-state index is -1.68. The van der Waals surface area contributed by atoms with E-state index in [2.05, 4.69) is 26.8 Å². The second-order valence-corrected chi connectivity index (χ2v) is 20.7. The average Bonchev–Trinajstić information content (AvgIpc) is 3.67. The van der Waals surface area contributed by atoms with E-state index in [0.29, 0.717) is 37.5 Å². The molecule has 0 radical (unpaired) electrons. The lowest BCUT2D eigenvalue weighted by Gasteiger charge is -2.60. The van der Waals surface area contributed by atoms with Crippen LogP contribution in [0.3, 0.4) is 0 Å². The molecule has 62 heavy (non-hydrogen) atoms. The SMILES string of the molecule is C[C@H](CC[C@]1(O)O[C@H]2C[C@H]3[C@@H]4CC=C5C[C@@H](O)C[C@@H](O[C@@H]6OC[C@@H](O)[C@H](O)[C@H]6O)[C@]5(C)[C@H]4CC[C@]3(C)[C@H]2[C@@H]1C)CO[C@@H]1O[C@H](CO)[C@@H](O)[C@H](O)[C@H]1O[C@H]1O[C@H](C)[C@@H](O)[C@H](O)[C@@H]1O. The van der Waals surface area contributed by atoms with E-state index in [1.54, 1.807) is 0 Å². The van der Waals surface area contributed by atoms with E-state index in [1.807, 2.05) is 6.92 Å². The number of hydrogen-bond donors (Lipinski definition) is 11. The maximum atomic E-state index is 12.2. The lowest BCUT2D eigenvalue weighted by atomic mass is 9.46. The predicted molar refractivity (Wildman–Crippen MR) is 213 cm³/mol. The zero-order valence-electron chi connectivity index (χ0n) is 36.4. The molecule has 18 heteroatoms. The van der Waals surface area contributed by atoms with E-state index in [4.69, 9.17) is 33.2 Å². The maximum absolute atomic E-state index is 12.2. The van der Waals surface area contributed by atoms with Crippen LogP contribution < -0.4 is 0 Å². The van der Waals surface area contributed by atoms with Crippen LogP contribution in [0.25, 0.3) is 0 Å². The fourth-order valence-corrected chi connectivity index (χ4v) is 13.3. The summed E-state index contributed by atoms with van der Waals surface area (Å²) in [7, 11) is 0. The molecule has 8 rings (SSSR count). The third-order valence-corrected chi connectivity index (χ3v) is 17.1. The summed E-state index contributed by atoms with van der Waals surface area (Å²) in [6.07, 6.45) is -13.1. The number of allylic oxidation sites excluding steroid dienone is 1. The highest BCUT2D eigenvalue weighted by Crippen LogP contribution is 2.70. The first-order valence-electron chi connectivity index (χ1n) is 22.9. The number of rotatable bonds is 11. The van der Waals surface area contributed by atoms with Crippen molar-refractivity contribution in [2.45, 2.75) is 196 Å². The summed E-state index contributed by atoms with van der Waals surface area (Å²) < 4.78 is 42.2. The van der Waals surface area contributed by atoms with Crippen LogP contribution in [0.15, 0.2) is 11.6 Å². The molecule has 4 aliphatic carbocycles. The van der Waals surface area contributed by atoms with Crippen LogP contribution in [0.5, 0.6) is 0 Å². The van der Waals surface area contributed by atoms with Crippen molar-refractivity contribution < 1.29 is 89.3 Å². The Balaban J connectivity index is 0.899. The molecular weight excluding hydrogens is 816 g/mol. The summed E-state index contributed by atoms with van der Waals surface area (Å²) in [6, 6.07) is 0. The first kappa shape index (κ1) is 47.5. The second-order valence-electron chi connectivity index (χ2n) is 20.7. The zero-order chi connectivity index (χ0) is 44.8. The molecule has 0 aromatic heterocycles. The molecule has 26 atom stereocenters. The van der Waals surface area contributed by atoms with Crippen LogP contribution >= 0.6 is 0 Å². The monoisotopic (exact) mass is 888 g/mol. The number of ether oxygens (including phenoxy) is 7. The Morgan fingerprint density at radius 2 is 1.55 bits per heavy atom. The third kappa shape index (κ3) is 8.06. The standard InChI is InChI=1S/C44H72O18/c1-18(16-56-41-38(35(52)33(50)28(15-45)59-41)61-40-37(54)34(51)31(48)20(3)58-40)8-11-44(55)19(2)30-27(62-44)14-25-23-7-6-21-12-22(46)13-29(43(21,5)24(23)9-10-42(25,30)4)60-39-36(53)32(49)26(47)17-57-39/h6,18-20,22-41,45-55H,7-17H2,1-5H3/t18-,19+,20-,22-,23-,24+,25+,26-,27+,28-,29-,30+,31-,32+,33-,34+,35+,36-,37+,38-,39+,40-,41-,42+,43+,44+/m1/s1. The minimum Gasteiger partial charge on any atom is -0.394 e. The van der Waals surface area contributed by atoms with Crippen molar-refractivity contribution in [3.63, 3.8) is 0 Å². The first-order chi connectivity index (χ1) is 29.2. The second kappa shape index (κ2) is 17.9. The van der Waals surface area contributed by atoms with Crippen LogP contribution in [-0.2, 0) is 33.2 Å². The molecule has 3 saturated carbocycles. The van der Waals surface area contributed by atoms with Gasteiger partial charge in [0.05, 0.1) is 44.2 Å². The van der Waals surface area contributed by atoms with E-state index in [9.17, 15) is 56.2 Å². The van der Waals surface area contributed by atoms with Crippen molar-refractivity contribution in [1.82, 2.24) is 0 Å². The van der Waals surface area contributed by atoms with Gasteiger partial charge in [-0.3, -0.25) is 0 Å². The van der Waals surface area contributed by atoms with Gasteiger partial charge in [-0.2, -0.15) is 0 Å². The van der Waals surface area contributed by atoms with Crippen molar-refractivity contribution in [2.75, 3.05) is 19.8 Å². The number of hydrogen-bond acceptors (Lipinski definition) is 18. The highest BCUT2D eigenvalue weighted by molar-refractivity contribution is 5.28. The summed E-state index contributed by atoms with van der Waals surface area (Å²) in [6.45, 7) is 9.35. The molecule has 4 heterocycles. The zero-order valence-corrected chi connectivity index (χ0v) is 36.4. The van der Waals surface area contributed by atoms with Crippen LogP contribution in [-0.4, -0.2) is 186 Å². The minimum absolute atomic E-state index is 0.0713. The van der Waals surface area contributed by atoms with Gasteiger partial charge in [0, 0.05) is 24.2 Å². The highest BCUT2D eigenvalue weighted by atomic mass is 16.8. The molecule has 0 aromatic rings. The van der Waals surface area contributed by atoms with Crippen LogP contribution in [0, 0.1) is 46.3 Å². The summed E-state index contributed by atoms with van der Waals surface area (Å²) in [4.78, 5) is 0. The van der Waals surface area contributed by atoms with Gasteiger partial charge in [0.25, 0.3) is 0 Å². The van der Waals surface area contributed by atoms with Gasteiger partial charge in [-0.25, -0.2) is 0 Å². The molecule has 11 N–H and O–H groups in total. The summed E-state index contributed by atoms with van der Waals surface area (Å²) in [5.74, 6) is -0.781. The van der Waals surface area contributed by atoms with E-state index >= 15 is 0 Å². The maximum Gasteiger partial charge on any atom is 0.187 e. The Hall–Kier alpha value is -0.980. The smallest absolute Gasteiger partial charge is 0.187 e. The topological polar surface area (TPSA) is 287 Å². The van der Waals surface area contributed by atoms with Crippen molar-refractivity contribution >= 4 is 0 Å². The number of fused-ring (bicyclic) bond motifs is 7. The number of aliphatic hydroxyl groups excluding tert-OH is 10. The molecular formula is C44H72O18. The third-order valence-electron chi connectivity index (χ3n) is 17.1. The Bertz CT molecular complexity index is 1590. The van der Waals surface area contributed by atoms with E-state index in [0.717, 1.165) is 31.3 Å². The van der Waals surface area contributed by atoms with Gasteiger partial charge in [0.15, 0.2) is 24.7 Å². The van der Waals surface area contributed by atoms with Crippen molar-refractivity contribution in [3.05, 3.63) is 11.6 Å². The first-order valence-corrected chi connectivity index (χ1v) is 22.9. The van der Waals surface area contributed by atoms with Crippen LogP contribution in [0.4, 0.5) is 0 Å². The van der Waals surface area contributed by atoms with Gasteiger partial charge in [0.2, 0.25) is 0 Å². The van der Waals surface area contributed by atoms with Crippen molar-refractivity contribution in [3.8, 4) is 0 Å². The highest BCUT2D eigenvalue weighted by Gasteiger charge is 2.69. The largest absolute Gasteiger partial charge is 0.394 e. The lowest BCUT2D eigenvalue weighted by molar-refractivity contribution is -0.365. The molecule has 4 saturated heterocycles. The van der Waals surface area contributed by atoms with Crippen LogP contribution in [0.2, 0.25) is 0 Å². The van der Waals surface area contributed by atoms with Gasteiger partial charge >= 0.3 is 0 Å². The quantitative estimate of drug-likeness (QED) is 0.108. The summed E-state index contributed by atoms with van der Waals surface area (Å²) in [5.41, 5.74) is 0.598. The Morgan fingerprint density at radius 1 is 0.823 bits per heavy atom. The molecule has 7 fully saturated rings. The van der Waals surface area contributed by atoms with Gasteiger partial charge in [-0.1, -0.05) is 39.3 Å². The van der Waals surface area contributed by atoms with Gasteiger partial charge < -0.3 is 89.3 Å². The molecule has 0 aromatic carbocycles. The summed E-state index contributed by atoms with van der Waals surface area (Å²) in [5, 5.41) is 117. The molecule has 18 nitrogen and oxygen atoms in total. The Labute approximate surface area is 362 Å². The lowest BCUT2D eigenvalue weighted by Crippen LogP contribution is -2.64. The fourth-order valence-electron chi connectivity index (χ4n) is 13.3. The predicted octanol–water partition coefficient (Wildman–Crippen LogP) is -1.22. The summed E-state index contributed by atoms with van der Waals surface area (Å²) >= 11 is 0.